The number of hydrogen-bond acceptors (Lipinski definition) is 7. The third-order valence-electron chi connectivity index (χ3n) is 5.25. The molecule has 2 fully saturated rings. The average Bonchev–Trinajstić information content (AvgIpc) is 2.57. The van der Waals surface area contributed by atoms with Crippen LogP contribution in [0.1, 0.15) is 33.6 Å². The Hall–Kier alpha value is -1.22. The molecule has 0 aromatic rings. The Balaban J connectivity index is 1.94. The van der Waals surface area contributed by atoms with Gasteiger partial charge in [-0.1, -0.05) is 0 Å². The molecule has 2 bridgehead atoms. The molecular weight excluding hydrogens is 358 g/mol. The van der Waals surface area contributed by atoms with Crippen LogP contribution in [-0.4, -0.2) is 116 Å². The molecule has 0 aromatic carbocycles. The van der Waals surface area contributed by atoms with E-state index in [-0.39, 0.29) is 11.9 Å². The van der Waals surface area contributed by atoms with Crippen molar-refractivity contribution in [1.82, 2.24) is 19.6 Å². The summed E-state index contributed by atoms with van der Waals surface area (Å²) in [5.74, 6) is -0.393. The summed E-state index contributed by atoms with van der Waals surface area (Å²) in [6.07, 6.45) is 2.05. The van der Waals surface area contributed by atoms with E-state index in [0.29, 0.717) is 13.1 Å². The van der Waals surface area contributed by atoms with Gasteiger partial charge in [0, 0.05) is 45.8 Å². The minimum absolute atomic E-state index is 0.142. The van der Waals surface area contributed by atoms with Gasteiger partial charge in [0.05, 0.1) is 13.1 Å². The van der Waals surface area contributed by atoms with E-state index in [1.54, 1.807) is 0 Å². The van der Waals surface area contributed by atoms with Crippen LogP contribution in [0.25, 0.3) is 0 Å². The first kappa shape index (κ1) is 23.1. The molecule has 2 N–H and O–H groups in total. The monoisotopic (exact) mass is 397 g/mol. The number of esters is 1. The van der Waals surface area contributed by atoms with Crippen molar-refractivity contribution in [1.29, 1.82) is 0 Å². The van der Waals surface area contributed by atoms with Crippen LogP contribution in [0.5, 0.6) is 0 Å². The predicted molar refractivity (Wildman–Crippen MR) is 110 cm³/mol. The predicted octanol–water partition coefficient (Wildman–Crippen LogP) is -0.171. The van der Waals surface area contributed by atoms with Crippen LogP contribution >= 0.6 is 0 Å². The largest absolute Gasteiger partial charge is 0.459 e. The summed E-state index contributed by atoms with van der Waals surface area (Å²) in [5, 5.41) is 0. The van der Waals surface area contributed by atoms with Crippen molar-refractivity contribution in [3.8, 4) is 0 Å². The third-order valence-corrected chi connectivity index (χ3v) is 5.25. The number of hydrogen-bond donors (Lipinski definition) is 1. The zero-order chi connectivity index (χ0) is 20.6. The third kappa shape index (κ3) is 9.32. The number of primary amides is 1. The maximum atomic E-state index is 12.3. The zero-order valence-electron chi connectivity index (χ0n) is 18.0. The van der Waals surface area contributed by atoms with Gasteiger partial charge in [0.2, 0.25) is 5.91 Å². The highest BCUT2D eigenvalue weighted by atomic mass is 16.6. The van der Waals surface area contributed by atoms with Crippen LogP contribution < -0.4 is 5.73 Å². The zero-order valence-corrected chi connectivity index (χ0v) is 18.0. The molecular formula is C20H39N5O3. The lowest BCUT2D eigenvalue weighted by atomic mass is 10.2. The minimum Gasteiger partial charge on any atom is -0.459 e. The van der Waals surface area contributed by atoms with Gasteiger partial charge in [-0.2, -0.15) is 0 Å². The van der Waals surface area contributed by atoms with Crippen molar-refractivity contribution in [2.45, 2.75) is 39.2 Å². The molecule has 28 heavy (non-hydrogen) atoms. The molecule has 8 heteroatoms. The lowest BCUT2D eigenvalue weighted by Crippen LogP contribution is -2.48. The molecule has 0 aromatic heterocycles. The molecule has 2 unspecified atom stereocenters. The van der Waals surface area contributed by atoms with Crippen LogP contribution in [0.4, 0.5) is 0 Å². The SMILES string of the molecule is CC(C)(C)OC(=O)CN1CCCN2CCN(CCCN(CC(N)=O)CC2)CC1. The molecule has 2 rings (SSSR count). The highest BCUT2D eigenvalue weighted by Crippen LogP contribution is 2.09. The van der Waals surface area contributed by atoms with Gasteiger partial charge in [-0.3, -0.25) is 19.4 Å². The smallest absolute Gasteiger partial charge is 0.320 e. The van der Waals surface area contributed by atoms with Crippen molar-refractivity contribution in [2.24, 2.45) is 5.73 Å². The van der Waals surface area contributed by atoms with Crippen molar-refractivity contribution in [2.75, 3.05) is 78.5 Å². The number of carbonyl (C=O) groups excluding carboxylic acids is 2. The van der Waals surface area contributed by atoms with Gasteiger partial charge in [-0.25, -0.2) is 0 Å². The van der Waals surface area contributed by atoms with Crippen LogP contribution in [0.2, 0.25) is 0 Å². The first-order valence-electron chi connectivity index (χ1n) is 10.6. The molecule has 2 aliphatic rings. The summed E-state index contributed by atoms with van der Waals surface area (Å²) in [7, 11) is 0. The first-order chi connectivity index (χ1) is 13.2. The molecule has 2 aliphatic heterocycles. The van der Waals surface area contributed by atoms with E-state index in [1.165, 1.54) is 0 Å². The summed E-state index contributed by atoms with van der Waals surface area (Å²) >= 11 is 0. The maximum absolute atomic E-state index is 12.3. The molecule has 1 amide bonds. The van der Waals surface area contributed by atoms with Gasteiger partial charge in [-0.05, 0) is 53.2 Å². The van der Waals surface area contributed by atoms with Gasteiger partial charge in [0.15, 0.2) is 0 Å². The fourth-order valence-electron chi connectivity index (χ4n) is 3.87. The molecule has 0 aliphatic carbocycles. The van der Waals surface area contributed by atoms with E-state index in [9.17, 15) is 9.59 Å². The number of carbonyl (C=O) groups is 2. The number of rotatable bonds is 4. The minimum atomic E-state index is -0.440. The molecule has 0 spiro atoms. The number of fused-ring (bicyclic) bond motifs is 3. The van der Waals surface area contributed by atoms with Crippen molar-refractivity contribution in [3.05, 3.63) is 0 Å². The fourth-order valence-corrected chi connectivity index (χ4v) is 3.87. The van der Waals surface area contributed by atoms with E-state index >= 15 is 0 Å². The Morgan fingerprint density at radius 2 is 1.21 bits per heavy atom. The Morgan fingerprint density at radius 3 is 1.68 bits per heavy atom. The summed E-state index contributed by atoms with van der Waals surface area (Å²) in [6, 6.07) is 0. The van der Waals surface area contributed by atoms with Gasteiger partial charge < -0.3 is 20.3 Å². The van der Waals surface area contributed by atoms with E-state index in [1.807, 2.05) is 20.8 Å². The van der Waals surface area contributed by atoms with Gasteiger partial charge in [0.25, 0.3) is 0 Å². The topological polar surface area (TPSA) is 82.3 Å². The molecule has 0 saturated carbocycles. The highest BCUT2D eigenvalue weighted by Gasteiger charge is 2.22. The summed E-state index contributed by atoms with van der Waals surface area (Å²) < 4.78 is 5.51. The number of nitrogens with two attached hydrogens (primary N) is 1. The first-order valence-corrected chi connectivity index (χ1v) is 10.6. The Kier molecular flexibility index (Phi) is 9.14. The second-order valence-electron chi connectivity index (χ2n) is 9.00. The fraction of sp³-hybridized carbons (Fsp3) is 0.900. The van der Waals surface area contributed by atoms with Crippen LogP contribution in [-0.2, 0) is 14.3 Å². The normalized spacial score (nSPS) is 26.5. The number of amides is 1. The van der Waals surface area contributed by atoms with E-state index in [0.717, 1.165) is 78.3 Å². The van der Waals surface area contributed by atoms with E-state index < -0.39 is 5.60 Å². The standard InChI is InChI=1S/C20H39N5O3/c1-20(2,3)28-19(27)17-25-9-5-7-22-10-11-23(13-15-25)6-4-8-24(14-12-22)16-18(21)26/h4-17H2,1-3H3,(H2,21,26). The summed E-state index contributed by atoms with van der Waals surface area (Å²) in [4.78, 5) is 32.9. The Bertz CT molecular complexity index is 509. The molecule has 0 radical (unpaired) electrons. The van der Waals surface area contributed by atoms with Crippen LogP contribution in [0.3, 0.4) is 0 Å². The number of ether oxygens (including phenoxy) is 1. The average molecular weight is 398 g/mol. The van der Waals surface area contributed by atoms with Gasteiger partial charge >= 0.3 is 5.97 Å². The lowest BCUT2D eigenvalue weighted by molar-refractivity contribution is -0.156. The molecule has 2 saturated heterocycles. The van der Waals surface area contributed by atoms with Gasteiger partial charge in [-0.15, -0.1) is 0 Å². The van der Waals surface area contributed by atoms with Crippen LogP contribution in [0, 0.1) is 0 Å². The lowest BCUT2D eigenvalue weighted by Gasteiger charge is -2.35. The summed E-state index contributed by atoms with van der Waals surface area (Å²) in [5.41, 5.74) is 4.97. The quantitative estimate of drug-likeness (QED) is 0.660. The highest BCUT2D eigenvalue weighted by molar-refractivity contribution is 5.75. The van der Waals surface area contributed by atoms with E-state index in [4.69, 9.17) is 10.5 Å². The second-order valence-corrected chi connectivity index (χ2v) is 9.00. The molecule has 162 valence electrons. The van der Waals surface area contributed by atoms with Crippen molar-refractivity contribution < 1.29 is 14.3 Å². The van der Waals surface area contributed by atoms with E-state index in [2.05, 4.69) is 19.6 Å². The van der Waals surface area contributed by atoms with Crippen molar-refractivity contribution in [3.63, 3.8) is 0 Å². The second kappa shape index (κ2) is 11.1. The molecule has 2 atom stereocenters. The molecule has 2 heterocycles. The summed E-state index contributed by atoms with van der Waals surface area (Å²) in [6.45, 7) is 16.0. The number of nitrogens with zero attached hydrogens (tertiary/aromatic N) is 4. The van der Waals surface area contributed by atoms with Gasteiger partial charge in [0.1, 0.15) is 5.60 Å². The van der Waals surface area contributed by atoms with Crippen LogP contribution in [0.15, 0.2) is 0 Å². The Labute approximate surface area is 169 Å². The molecule has 8 nitrogen and oxygen atoms in total. The maximum Gasteiger partial charge on any atom is 0.320 e. The Morgan fingerprint density at radius 1 is 0.750 bits per heavy atom. The van der Waals surface area contributed by atoms with Crippen molar-refractivity contribution >= 4 is 11.9 Å².